The molecule has 6 nitrogen and oxygen atoms in total. The van der Waals surface area contributed by atoms with Crippen molar-refractivity contribution in [3.8, 4) is 0 Å². The van der Waals surface area contributed by atoms with E-state index in [4.69, 9.17) is 5.73 Å². The number of piperidine rings is 1. The average molecular weight is 314 g/mol. The van der Waals surface area contributed by atoms with Crippen molar-refractivity contribution in [2.24, 2.45) is 5.73 Å². The van der Waals surface area contributed by atoms with Gasteiger partial charge < -0.3 is 10.6 Å². The standard InChI is InChI=1S/C14H19N3O3.ClH/c1-10(15)13-4-2-3-9-16(13)14(18)11-5-7-12(8-6-11)17(19)20;/h5-8,10,13H,2-4,9,15H2,1H3;1H. The van der Waals surface area contributed by atoms with Crippen LogP contribution in [-0.2, 0) is 0 Å². The molecule has 1 aliphatic rings. The molecule has 1 fully saturated rings. The number of nitrogens with zero attached hydrogens (tertiary/aromatic N) is 2. The molecule has 0 spiro atoms. The van der Waals surface area contributed by atoms with Gasteiger partial charge in [-0.15, -0.1) is 12.4 Å². The molecular formula is C14H20ClN3O3. The topological polar surface area (TPSA) is 89.5 Å². The third-order valence-corrected chi connectivity index (χ3v) is 3.74. The summed E-state index contributed by atoms with van der Waals surface area (Å²) in [6.07, 6.45) is 2.97. The van der Waals surface area contributed by atoms with E-state index in [2.05, 4.69) is 0 Å². The first-order valence-corrected chi connectivity index (χ1v) is 6.81. The van der Waals surface area contributed by atoms with Crippen LogP contribution in [-0.4, -0.2) is 34.4 Å². The molecule has 7 heteroatoms. The van der Waals surface area contributed by atoms with Crippen LogP contribution in [0.15, 0.2) is 24.3 Å². The van der Waals surface area contributed by atoms with Crippen LogP contribution in [0, 0.1) is 10.1 Å². The van der Waals surface area contributed by atoms with Crippen molar-refractivity contribution in [1.29, 1.82) is 0 Å². The van der Waals surface area contributed by atoms with Crippen molar-refractivity contribution in [3.05, 3.63) is 39.9 Å². The van der Waals surface area contributed by atoms with Gasteiger partial charge in [0.15, 0.2) is 0 Å². The van der Waals surface area contributed by atoms with Gasteiger partial charge in [0.1, 0.15) is 0 Å². The van der Waals surface area contributed by atoms with Gasteiger partial charge in [0.25, 0.3) is 11.6 Å². The number of nitro groups is 1. The number of rotatable bonds is 3. The number of carbonyl (C=O) groups excluding carboxylic acids is 1. The Kier molecular flexibility index (Phi) is 6.11. The monoisotopic (exact) mass is 313 g/mol. The van der Waals surface area contributed by atoms with E-state index in [1.165, 1.54) is 24.3 Å². The van der Waals surface area contributed by atoms with Crippen LogP contribution in [0.2, 0.25) is 0 Å². The molecular weight excluding hydrogens is 294 g/mol. The largest absolute Gasteiger partial charge is 0.334 e. The highest BCUT2D eigenvalue weighted by Crippen LogP contribution is 2.22. The van der Waals surface area contributed by atoms with Crippen LogP contribution in [0.4, 0.5) is 5.69 Å². The van der Waals surface area contributed by atoms with Crippen LogP contribution in [0.25, 0.3) is 0 Å². The minimum absolute atomic E-state index is 0. The number of halogens is 1. The first-order chi connectivity index (χ1) is 9.50. The summed E-state index contributed by atoms with van der Waals surface area (Å²) in [6, 6.07) is 5.71. The van der Waals surface area contributed by atoms with Crippen molar-refractivity contribution < 1.29 is 9.72 Å². The summed E-state index contributed by atoms with van der Waals surface area (Å²) in [4.78, 5) is 24.4. The molecule has 116 valence electrons. The first-order valence-electron chi connectivity index (χ1n) is 6.81. The number of nitro benzene ring substituents is 1. The van der Waals surface area contributed by atoms with Gasteiger partial charge in [-0.25, -0.2) is 0 Å². The summed E-state index contributed by atoms with van der Waals surface area (Å²) in [5.74, 6) is -0.0955. The highest BCUT2D eigenvalue weighted by atomic mass is 35.5. The molecule has 21 heavy (non-hydrogen) atoms. The molecule has 0 aromatic heterocycles. The Labute approximate surface area is 129 Å². The Morgan fingerprint density at radius 2 is 2.00 bits per heavy atom. The quantitative estimate of drug-likeness (QED) is 0.685. The van der Waals surface area contributed by atoms with Crippen molar-refractivity contribution in [1.82, 2.24) is 4.90 Å². The van der Waals surface area contributed by atoms with Gasteiger partial charge in [-0.2, -0.15) is 0 Å². The molecule has 0 radical (unpaired) electrons. The van der Waals surface area contributed by atoms with Crippen molar-refractivity contribution in [3.63, 3.8) is 0 Å². The van der Waals surface area contributed by atoms with Gasteiger partial charge in [0.2, 0.25) is 0 Å². The lowest BCUT2D eigenvalue weighted by Gasteiger charge is -2.38. The number of carbonyl (C=O) groups is 1. The van der Waals surface area contributed by atoms with Crippen molar-refractivity contribution in [2.45, 2.75) is 38.3 Å². The van der Waals surface area contributed by atoms with E-state index in [1.807, 2.05) is 6.92 Å². The minimum atomic E-state index is -0.472. The summed E-state index contributed by atoms with van der Waals surface area (Å²) < 4.78 is 0. The van der Waals surface area contributed by atoms with E-state index in [-0.39, 0.29) is 36.1 Å². The van der Waals surface area contributed by atoms with E-state index in [0.717, 1.165) is 19.3 Å². The van der Waals surface area contributed by atoms with Crippen LogP contribution >= 0.6 is 12.4 Å². The Morgan fingerprint density at radius 3 is 2.52 bits per heavy atom. The molecule has 2 rings (SSSR count). The number of hydrogen-bond donors (Lipinski definition) is 1. The molecule has 1 amide bonds. The van der Waals surface area contributed by atoms with Gasteiger partial charge >= 0.3 is 0 Å². The fourth-order valence-electron chi connectivity index (χ4n) is 2.65. The SMILES string of the molecule is CC(N)C1CCCCN1C(=O)c1ccc([N+](=O)[O-])cc1.Cl. The summed E-state index contributed by atoms with van der Waals surface area (Å²) in [6.45, 7) is 2.61. The smallest absolute Gasteiger partial charge is 0.269 e. The van der Waals surface area contributed by atoms with Crippen LogP contribution in [0.1, 0.15) is 36.5 Å². The molecule has 2 N–H and O–H groups in total. The second kappa shape index (κ2) is 7.38. The molecule has 2 unspecified atom stereocenters. The zero-order chi connectivity index (χ0) is 14.7. The maximum Gasteiger partial charge on any atom is 0.269 e. The lowest BCUT2D eigenvalue weighted by atomic mass is 9.96. The van der Waals surface area contributed by atoms with E-state index in [9.17, 15) is 14.9 Å². The number of hydrogen-bond acceptors (Lipinski definition) is 4. The third kappa shape index (κ3) is 3.92. The number of amides is 1. The molecule has 2 atom stereocenters. The lowest BCUT2D eigenvalue weighted by Crippen LogP contribution is -2.51. The predicted octanol–water partition coefficient (Wildman–Crippen LogP) is 2.36. The number of benzene rings is 1. The molecule has 1 aromatic rings. The molecule has 0 saturated carbocycles. The zero-order valence-corrected chi connectivity index (χ0v) is 12.7. The highest BCUT2D eigenvalue weighted by molar-refractivity contribution is 5.94. The van der Waals surface area contributed by atoms with Crippen LogP contribution in [0.5, 0.6) is 0 Å². The van der Waals surface area contributed by atoms with Gasteiger partial charge in [0, 0.05) is 36.3 Å². The summed E-state index contributed by atoms with van der Waals surface area (Å²) in [5, 5.41) is 10.6. The molecule has 1 aliphatic heterocycles. The van der Waals surface area contributed by atoms with E-state index >= 15 is 0 Å². The summed E-state index contributed by atoms with van der Waals surface area (Å²) >= 11 is 0. The Hall–Kier alpha value is -1.66. The highest BCUT2D eigenvalue weighted by Gasteiger charge is 2.29. The molecule has 1 heterocycles. The summed E-state index contributed by atoms with van der Waals surface area (Å²) in [7, 11) is 0. The molecule has 0 bridgehead atoms. The predicted molar refractivity (Wildman–Crippen MR) is 82.7 cm³/mol. The van der Waals surface area contributed by atoms with Crippen LogP contribution < -0.4 is 5.73 Å². The van der Waals surface area contributed by atoms with Gasteiger partial charge in [-0.05, 0) is 38.3 Å². The Bertz CT molecular complexity index is 505. The fourth-order valence-corrected chi connectivity index (χ4v) is 2.65. The van der Waals surface area contributed by atoms with Gasteiger partial charge in [-0.3, -0.25) is 14.9 Å². The number of likely N-dealkylation sites (tertiary alicyclic amines) is 1. The van der Waals surface area contributed by atoms with E-state index < -0.39 is 4.92 Å². The maximum atomic E-state index is 12.5. The van der Waals surface area contributed by atoms with E-state index in [1.54, 1.807) is 4.90 Å². The second-order valence-electron chi connectivity index (χ2n) is 5.22. The fraction of sp³-hybridized carbons (Fsp3) is 0.500. The summed E-state index contributed by atoms with van der Waals surface area (Å²) in [5.41, 5.74) is 6.42. The number of non-ortho nitro benzene ring substituents is 1. The van der Waals surface area contributed by atoms with Gasteiger partial charge in [-0.1, -0.05) is 0 Å². The maximum absolute atomic E-state index is 12.5. The van der Waals surface area contributed by atoms with Gasteiger partial charge in [0.05, 0.1) is 4.92 Å². The molecule has 1 aromatic carbocycles. The average Bonchev–Trinajstić information content (AvgIpc) is 2.46. The van der Waals surface area contributed by atoms with Crippen molar-refractivity contribution in [2.75, 3.05) is 6.54 Å². The number of nitrogens with two attached hydrogens (primary N) is 1. The Balaban J connectivity index is 0.00000220. The lowest BCUT2D eigenvalue weighted by molar-refractivity contribution is -0.384. The Morgan fingerprint density at radius 1 is 1.38 bits per heavy atom. The van der Waals surface area contributed by atoms with Crippen LogP contribution in [0.3, 0.4) is 0 Å². The first kappa shape index (κ1) is 17.4. The van der Waals surface area contributed by atoms with Crippen molar-refractivity contribution >= 4 is 24.0 Å². The second-order valence-corrected chi connectivity index (χ2v) is 5.22. The molecule has 1 saturated heterocycles. The third-order valence-electron chi connectivity index (χ3n) is 3.74. The molecule has 0 aliphatic carbocycles. The van der Waals surface area contributed by atoms with E-state index in [0.29, 0.717) is 12.1 Å². The normalized spacial score (nSPS) is 19.5. The minimum Gasteiger partial charge on any atom is -0.334 e. The zero-order valence-electron chi connectivity index (χ0n) is 11.9.